The highest BCUT2D eigenvalue weighted by molar-refractivity contribution is 6.15. The molecule has 0 saturated carbocycles. The molecule has 33 heteroatoms. The number of nitrogens with one attached hydrogen (secondary N) is 8. The summed E-state index contributed by atoms with van der Waals surface area (Å²) in [6.07, 6.45) is 27.3. The molecular formula is C116H106N24O9. The molecule has 3 aliphatic rings. The maximum absolute atomic E-state index is 13.1. The summed E-state index contributed by atoms with van der Waals surface area (Å²) in [5.74, 6) is 3.29. The summed E-state index contributed by atoms with van der Waals surface area (Å²) < 4.78 is 28.5. The molecule has 12 aromatic heterocycles. The zero-order valence-corrected chi connectivity index (χ0v) is 82.8. The zero-order valence-electron chi connectivity index (χ0n) is 82.8. The van der Waals surface area contributed by atoms with Crippen molar-refractivity contribution in [3.63, 3.8) is 0 Å². The van der Waals surface area contributed by atoms with Crippen molar-refractivity contribution in [1.29, 1.82) is 0 Å². The van der Waals surface area contributed by atoms with Gasteiger partial charge < -0.3 is 64.6 Å². The van der Waals surface area contributed by atoms with Gasteiger partial charge in [0, 0.05) is 145 Å². The van der Waals surface area contributed by atoms with Crippen LogP contribution in [0.5, 0.6) is 46.5 Å². The van der Waals surface area contributed by atoms with Crippen LogP contribution in [0, 0.1) is 27.7 Å². The van der Waals surface area contributed by atoms with Gasteiger partial charge in [0.15, 0.2) is 22.8 Å². The summed E-state index contributed by atoms with van der Waals surface area (Å²) in [4.78, 5) is 96.5. The van der Waals surface area contributed by atoms with Crippen molar-refractivity contribution in [2.45, 2.75) is 66.3 Å². The minimum Gasteiger partial charge on any atom is -0.439 e. The highest BCUT2D eigenvalue weighted by Gasteiger charge is 2.25. The standard InChI is InChI=1S/C30H28N6O2.C29H26N6O3.C29H26N6O2.C28H26N6O2/c1-20-5-9-25(10-6-20)38-28-12-8-23(18-32-28)33-30(37)29-26-16-21(7-11-27(26)34-35-29)22-15-24(19-31-17-22)36-13-3-2-4-14-36;1-19-2-6-24(7-3-19)38-27-9-5-22(17-31-27)32-29(36)28-25-15-20(4-8-26(25)33-34-28)21-14-23(18-30-16-21)35-10-12-37-13-11-35;1-19-4-8-24(9-5-19)37-27-11-7-22(17-31-27)32-29(36)28-25-15-20(6-10-26(25)33-34-28)21-14-23(18-30-16-21)35-12-2-3-13-35;1-18-4-8-23(9-5-18)36-26-11-7-22(16-30-26)31-28(35)27-24-13-20(6-10-25(24)32-33-27)21-12-19(14-29-15-21)17-34(2)3/h5-12,15-19H,2-4,13-14H2,1H3,(H,33,37)(H,34,35);2-9,14-18H,10-13H2,1H3,(H,32,36)(H,33,34);4-11,14-18H,2-3,12-13H2,1H3,(H,32,36)(H,33,34);4-16H,17H2,1-3H3,(H,31,35)(H,32,33). The number of aromatic nitrogens is 16. The molecule has 3 aliphatic heterocycles. The predicted molar refractivity (Wildman–Crippen MR) is 579 cm³/mol. The molecule has 0 unspecified atom stereocenters. The summed E-state index contributed by atoms with van der Waals surface area (Å²) in [5, 5.41) is 43.4. The van der Waals surface area contributed by atoms with Gasteiger partial charge in [-0.15, -0.1) is 0 Å². The molecule has 8 aromatic carbocycles. The van der Waals surface area contributed by atoms with Gasteiger partial charge in [-0.05, 0) is 247 Å². The van der Waals surface area contributed by atoms with Crippen molar-refractivity contribution < 1.29 is 42.9 Å². The third-order valence-electron chi connectivity index (χ3n) is 25.4. The number of benzene rings is 8. The molecule has 0 aliphatic carbocycles. The number of fused-ring (bicyclic) bond motifs is 4. The number of hydrogen-bond acceptors (Lipinski definition) is 25. The molecule has 23 rings (SSSR count). The summed E-state index contributed by atoms with van der Waals surface area (Å²) >= 11 is 0. The van der Waals surface area contributed by atoms with E-state index in [0.29, 0.717) is 105 Å². The number of carbonyl (C=O) groups excluding carboxylic acids is 4. The Bertz CT molecular complexity index is 7870. The zero-order chi connectivity index (χ0) is 102. The minimum atomic E-state index is -0.331. The Labute approximate surface area is 858 Å². The lowest BCUT2D eigenvalue weighted by atomic mass is 10.0. The fourth-order valence-electron chi connectivity index (χ4n) is 17.5. The van der Waals surface area contributed by atoms with Crippen LogP contribution in [0.15, 0.2) is 317 Å². The first-order valence-corrected chi connectivity index (χ1v) is 49.1. The minimum absolute atomic E-state index is 0.305. The molecule has 0 bridgehead atoms. The van der Waals surface area contributed by atoms with E-state index in [1.165, 1.54) is 32.1 Å². The Balaban J connectivity index is 0.000000120. The summed E-state index contributed by atoms with van der Waals surface area (Å²) in [6, 6.07) is 77.0. The molecule has 0 atom stereocenters. The van der Waals surface area contributed by atoms with Crippen LogP contribution in [0.3, 0.4) is 0 Å². The second-order valence-corrected chi connectivity index (χ2v) is 36.8. The van der Waals surface area contributed by atoms with Crippen LogP contribution in [-0.4, -0.2) is 176 Å². The van der Waals surface area contributed by atoms with E-state index >= 15 is 0 Å². The largest absolute Gasteiger partial charge is 0.439 e. The van der Waals surface area contributed by atoms with Gasteiger partial charge in [-0.1, -0.05) is 95.1 Å². The SMILES string of the molecule is Cc1ccc(Oc2ccc(NC(=O)c3n[nH]c4ccc(-c5cncc(CN(C)C)c5)cc34)cn2)cc1.Cc1ccc(Oc2ccc(NC(=O)c3n[nH]c4ccc(-c5cncc(N6CCCC6)c5)cc34)cn2)cc1.Cc1ccc(Oc2ccc(NC(=O)c3n[nH]c4ccc(-c5cncc(N6CCCCC6)c5)cc34)cn2)cc1.Cc1ccc(Oc2ccc(NC(=O)c3n[nH]c4ccc(-c5cncc(N6CCOCC6)c5)cc34)cn2)cc1. The first kappa shape index (κ1) is 97.7. The van der Waals surface area contributed by atoms with Crippen LogP contribution in [0.1, 0.15) is 102 Å². The normalized spacial score (nSPS) is 12.8. The number of anilines is 7. The molecule has 3 fully saturated rings. The monoisotopic (exact) mass is 1980 g/mol. The third kappa shape index (κ3) is 24.5. The number of pyridine rings is 8. The van der Waals surface area contributed by atoms with Crippen LogP contribution in [0.4, 0.5) is 39.8 Å². The number of hydrogen-bond donors (Lipinski definition) is 8. The van der Waals surface area contributed by atoms with Crippen LogP contribution < -0.4 is 54.9 Å². The van der Waals surface area contributed by atoms with Gasteiger partial charge in [0.2, 0.25) is 23.5 Å². The van der Waals surface area contributed by atoms with Crippen molar-refractivity contribution in [3.05, 3.63) is 368 Å². The topological polar surface area (TPSA) is 393 Å². The van der Waals surface area contributed by atoms with Crippen molar-refractivity contribution in [2.24, 2.45) is 0 Å². The number of H-pyrrole nitrogens is 4. The van der Waals surface area contributed by atoms with Gasteiger partial charge in [-0.2, -0.15) is 20.4 Å². The first-order chi connectivity index (χ1) is 72.8. The average molecular weight is 1980 g/mol. The number of nitrogens with zero attached hydrogens (tertiary/aromatic N) is 16. The molecule has 149 heavy (non-hydrogen) atoms. The molecule has 0 radical (unpaired) electrons. The smallest absolute Gasteiger partial charge is 0.276 e. The van der Waals surface area contributed by atoms with Crippen molar-refractivity contribution in [3.8, 4) is 91.0 Å². The van der Waals surface area contributed by atoms with Gasteiger partial charge >= 0.3 is 0 Å². The molecule has 0 spiro atoms. The lowest BCUT2D eigenvalue weighted by Crippen LogP contribution is -2.36. The molecule has 20 aromatic rings. The fourth-order valence-corrected chi connectivity index (χ4v) is 17.5. The molecule has 3 saturated heterocycles. The quantitative estimate of drug-likeness (QED) is 0.0263. The highest BCUT2D eigenvalue weighted by atomic mass is 16.5. The molecule has 744 valence electrons. The van der Waals surface area contributed by atoms with E-state index in [4.69, 9.17) is 23.7 Å². The lowest BCUT2D eigenvalue weighted by Gasteiger charge is -2.28. The van der Waals surface area contributed by atoms with E-state index in [-0.39, 0.29) is 23.6 Å². The van der Waals surface area contributed by atoms with Gasteiger partial charge in [-0.25, -0.2) is 19.9 Å². The van der Waals surface area contributed by atoms with E-state index < -0.39 is 0 Å². The fraction of sp³-hybridized carbons (Fsp3) is 0.172. The Kier molecular flexibility index (Phi) is 29.8. The van der Waals surface area contributed by atoms with Crippen molar-refractivity contribution in [2.75, 3.05) is 103 Å². The number of morpholine rings is 1. The van der Waals surface area contributed by atoms with Crippen molar-refractivity contribution >= 4 is 107 Å². The number of rotatable bonds is 25. The maximum Gasteiger partial charge on any atom is 0.276 e. The third-order valence-corrected chi connectivity index (χ3v) is 25.4. The number of aromatic amines is 4. The Hall–Kier alpha value is -18.8. The molecule has 33 nitrogen and oxygen atoms in total. The van der Waals surface area contributed by atoms with Crippen LogP contribution >= 0.6 is 0 Å². The molecule has 4 amide bonds. The number of piperidine rings is 1. The average Bonchev–Trinajstić information content (AvgIpc) is 1.67. The first-order valence-electron chi connectivity index (χ1n) is 49.1. The number of ether oxygens (including phenoxy) is 5. The second kappa shape index (κ2) is 45.5. The lowest BCUT2D eigenvalue weighted by molar-refractivity contribution is 0.101. The van der Waals surface area contributed by atoms with Crippen LogP contribution in [0.2, 0.25) is 0 Å². The second-order valence-electron chi connectivity index (χ2n) is 36.8. The predicted octanol–water partition coefficient (Wildman–Crippen LogP) is 23.0. The maximum atomic E-state index is 13.1. The van der Waals surface area contributed by atoms with Crippen molar-refractivity contribution in [1.82, 2.24) is 85.6 Å². The van der Waals surface area contributed by atoms with E-state index in [2.05, 4.69) is 146 Å². The Morgan fingerprint density at radius 2 is 0.564 bits per heavy atom. The van der Waals surface area contributed by atoms with E-state index in [1.54, 1.807) is 73.3 Å². The van der Waals surface area contributed by atoms with E-state index in [1.807, 2.05) is 261 Å². The van der Waals surface area contributed by atoms with Gasteiger partial charge in [-0.3, -0.25) is 59.5 Å². The Morgan fingerprint density at radius 3 is 0.839 bits per heavy atom. The van der Waals surface area contributed by atoms with Gasteiger partial charge in [0.1, 0.15) is 23.0 Å². The summed E-state index contributed by atoms with van der Waals surface area (Å²) in [7, 11) is 4.05. The van der Waals surface area contributed by atoms with E-state index in [9.17, 15) is 19.2 Å². The molecule has 15 heterocycles. The van der Waals surface area contributed by atoms with Gasteiger partial charge in [0.05, 0.1) is 118 Å². The van der Waals surface area contributed by atoms with Crippen LogP contribution in [-0.2, 0) is 11.3 Å². The summed E-state index contributed by atoms with van der Waals surface area (Å²) in [6.45, 7) is 16.2. The van der Waals surface area contributed by atoms with Gasteiger partial charge in [0.25, 0.3) is 23.6 Å². The number of aryl methyl sites for hydroxylation is 4. The Morgan fingerprint density at radius 1 is 0.295 bits per heavy atom. The molecule has 8 N–H and O–H groups in total. The summed E-state index contributed by atoms with van der Waals surface area (Å²) in [5.41, 5.74) is 23.5. The van der Waals surface area contributed by atoms with E-state index in [0.717, 1.165) is 179 Å². The number of carbonyl (C=O) groups is 4. The highest BCUT2D eigenvalue weighted by Crippen LogP contribution is 2.37. The molecular weight excluding hydrogens is 1870 g/mol. The van der Waals surface area contributed by atoms with Crippen LogP contribution in [0.25, 0.3) is 88.1 Å². The number of amides is 4.